The minimum atomic E-state index is -0.749. The minimum absolute atomic E-state index is 0.119. The molecule has 2 aromatic rings. The van der Waals surface area contributed by atoms with Crippen LogP contribution in [0.1, 0.15) is 32.1 Å². The third kappa shape index (κ3) is 3.87. The Bertz CT molecular complexity index is 660. The third-order valence-electron chi connectivity index (χ3n) is 2.88. The smallest absolute Gasteiger partial charge is 0.230 e. The summed E-state index contributed by atoms with van der Waals surface area (Å²) < 4.78 is 31.4. The number of anilines is 1. The lowest BCUT2D eigenvalue weighted by molar-refractivity contribution is -0.115. The van der Waals surface area contributed by atoms with Gasteiger partial charge in [0.25, 0.3) is 0 Å². The van der Waals surface area contributed by atoms with Gasteiger partial charge in [-0.1, -0.05) is 32.0 Å². The molecule has 0 aliphatic heterocycles. The molecular formula is C15H16F2N2O2. The summed E-state index contributed by atoms with van der Waals surface area (Å²) in [6.45, 7) is 5.85. The molecule has 21 heavy (non-hydrogen) atoms. The van der Waals surface area contributed by atoms with E-state index < -0.39 is 17.5 Å². The first kappa shape index (κ1) is 15.2. The zero-order chi connectivity index (χ0) is 15.6. The van der Waals surface area contributed by atoms with E-state index in [1.807, 2.05) is 20.8 Å². The molecule has 0 unspecified atom stereocenters. The second-order valence-electron chi connectivity index (χ2n) is 5.79. The van der Waals surface area contributed by atoms with Crippen LogP contribution in [0.2, 0.25) is 0 Å². The molecule has 1 amide bonds. The standard InChI is InChI=1S/C15H16F2N2O2/c1-15(2,3)12-8-13(19-21-12)18-14(20)6-9-4-5-10(16)7-11(9)17/h4-5,7-8H,6H2,1-3H3,(H,18,19,20). The minimum Gasteiger partial charge on any atom is -0.359 e. The molecule has 0 aliphatic rings. The molecule has 1 aromatic heterocycles. The number of hydrogen-bond donors (Lipinski definition) is 1. The van der Waals surface area contributed by atoms with Crippen LogP contribution in [0.3, 0.4) is 0 Å². The van der Waals surface area contributed by atoms with Crippen molar-refractivity contribution in [3.63, 3.8) is 0 Å². The van der Waals surface area contributed by atoms with Gasteiger partial charge in [0, 0.05) is 17.5 Å². The SMILES string of the molecule is CC(C)(C)c1cc(NC(=O)Cc2ccc(F)cc2F)no1. The van der Waals surface area contributed by atoms with E-state index >= 15 is 0 Å². The van der Waals surface area contributed by atoms with Crippen LogP contribution in [0, 0.1) is 11.6 Å². The maximum Gasteiger partial charge on any atom is 0.230 e. The monoisotopic (exact) mass is 294 g/mol. The highest BCUT2D eigenvalue weighted by molar-refractivity contribution is 5.91. The van der Waals surface area contributed by atoms with E-state index in [-0.39, 0.29) is 23.2 Å². The largest absolute Gasteiger partial charge is 0.359 e. The fourth-order valence-corrected chi connectivity index (χ4v) is 1.71. The average molecular weight is 294 g/mol. The normalized spacial score (nSPS) is 11.5. The van der Waals surface area contributed by atoms with Crippen LogP contribution >= 0.6 is 0 Å². The van der Waals surface area contributed by atoms with Gasteiger partial charge in [-0.15, -0.1) is 0 Å². The maximum absolute atomic E-state index is 13.5. The van der Waals surface area contributed by atoms with Crippen molar-refractivity contribution in [3.05, 3.63) is 47.2 Å². The maximum atomic E-state index is 13.5. The van der Waals surface area contributed by atoms with Crippen molar-refractivity contribution < 1.29 is 18.1 Å². The molecule has 1 N–H and O–H groups in total. The molecular weight excluding hydrogens is 278 g/mol. The number of hydrogen-bond acceptors (Lipinski definition) is 3. The summed E-state index contributed by atoms with van der Waals surface area (Å²) >= 11 is 0. The molecule has 6 heteroatoms. The number of rotatable bonds is 3. The lowest BCUT2D eigenvalue weighted by Gasteiger charge is -2.12. The van der Waals surface area contributed by atoms with E-state index in [0.717, 1.165) is 12.1 Å². The number of nitrogens with one attached hydrogen (secondary N) is 1. The predicted octanol–water partition coefficient (Wildman–Crippen LogP) is 3.43. The Balaban J connectivity index is 2.03. The van der Waals surface area contributed by atoms with Crippen molar-refractivity contribution in [2.45, 2.75) is 32.6 Å². The van der Waals surface area contributed by atoms with Crippen LogP contribution in [0.15, 0.2) is 28.8 Å². The highest BCUT2D eigenvalue weighted by Crippen LogP contribution is 2.24. The molecule has 4 nitrogen and oxygen atoms in total. The van der Waals surface area contributed by atoms with Crippen LogP contribution in [0.4, 0.5) is 14.6 Å². The van der Waals surface area contributed by atoms with Gasteiger partial charge in [0.15, 0.2) is 5.82 Å². The van der Waals surface area contributed by atoms with Crippen LogP contribution in [0.5, 0.6) is 0 Å². The highest BCUT2D eigenvalue weighted by atomic mass is 19.1. The fraction of sp³-hybridized carbons (Fsp3) is 0.333. The summed E-state index contributed by atoms with van der Waals surface area (Å²) in [5, 5.41) is 6.26. The first-order valence-corrected chi connectivity index (χ1v) is 6.46. The van der Waals surface area contributed by atoms with Crippen LogP contribution in [0.25, 0.3) is 0 Å². The van der Waals surface area contributed by atoms with Gasteiger partial charge < -0.3 is 9.84 Å². The highest BCUT2D eigenvalue weighted by Gasteiger charge is 2.20. The zero-order valence-corrected chi connectivity index (χ0v) is 12.0. The van der Waals surface area contributed by atoms with Crippen molar-refractivity contribution >= 4 is 11.7 Å². The van der Waals surface area contributed by atoms with Gasteiger partial charge >= 0.3 is 0 Å². The number of carbonyl (C=O) groups is 1. The van der Waals surface area contributed by atoms with Crippen molar-refractivity contribution in [2.24, 2.45) is 0 Å². The molecule has 0 radical (unpaired) electrons. The molecule has 0 aliphatic carbocycles. The molecule has 1 aromatic carbocycles. The topological polar surface area (TPSA) is 55.1 Å². The van der Waals surface area contributed by atoms with Gasteiger partial charge in [-0.05, 0) is 11.6 Å². The van der Waals surface area contributed by atoms with Gasteiger partial charge in [-0.2, -0.15) is 0 Å². The van der Waals surface area contributed by atoms with Gasteiger partial charge in [0.05, 0.1) is 6.42 Å². The van der Waals surface area contributed by atoms with Crippen molar-refractivity contribution in [1.29, 1.82) is 0 Å². The van der Waals surface area contributed by atoms with Crippen molar-refractivity contribution in [2.75, 3.05) is 5.32 Å². The number of halogens is 2. The lowest BCUT2D eigenvalue weighted by atomic mass is 9.93. The Morgan fingerprint density at radius 1 is 1.29 bits per heavy atom. The summed E-state index contributed by atoms with van der Waals surface area (Å²) in [6, 6.07) is 4.72. The molecule has 1 heterocycles. The molecule has 112 valence electrons. The van der Waals surface area contributed by atoms with Crippen molar-refractivity contribution in [3.8, 4) is 0 Å². The predicted molar refractivity (Wildman–Crippen MR) is 73.9 cm³/mol. The lowest BCUT2D eigenvalue weighted by Crippen LogP contribution is -2.15. The van der Waals surface area contributed by atoms with E-state index in [4.69, 9.17) is 4.52 Å². The number of carbonyl (C=O) groups excluding carboxylic acids is 1. The molecule has 0 spiro atoms. The van der Waals surface area contributed by atoms with Gasteiger partial charge in [0.2, 0.25) is 5.91 Å². The Hall–Kier alpha value is -2.24. The summed E-state index contributed by atoms with van der Waals surface area (Å²) in [7, 11) is 0. The van der Waals surface area contributed by atoms with Gasteiger partial charge in [-0.3, -0.25) is 4.79 Å². The molecule has 0 atom stereocenters. The summed E-state index contributed by atoms with van der Waals surface area (Å²) in [4.78, 5) is 11.8. The Labute approximate surface area is 121 Å². The number of nitrogens with zero attached hydrogens (tertiary/aromatic N) is 1. The number of aromatic nitrogens is 1. The third-order valence-corrected chi connectivity index (χ3v) is 2.88. The van der Waals surface area contributed by atoms with Gasteiger partial charge in [-0.25, -0.2) is 8.78 Å². The summed E-state index contributed by atoms with van der Waals surface area (Å²) in [5.74, 6) is -0.976. The quantitative estimate of drug-likeness (QED) is 0.943. The van der Waals surface area contributed by atoms with Crippen LogP contribution in [-0.2, 0) is 16.6 Å². The first-order chi connectivity index (χ1) is 9.75. The Morgan fingerprint density at radius 3 is 2.57 bits per heavy atom. The molecule has 0 saturated heterocycles. The fourth-order valence-electron chi connectivity index (χ4n) is 1.71. The van der Waals surface area contributed by atoms with Crippen molar-refractivity contribution in [1.82, 2.24) is 5.16 Å². The van der Waals surface area contributed by atoms with Crippen LogP contribution < -0.4 is 5.32 Å². The molecule has 2 rings (SSSR count). The van der Waals surface area contributed by atoms with Gasteiger partial charge in [0.1, 0.15) is 17.4 Å². The second-order valence-corrected chi connectivity index (χ2v) is 5.79. The van der Waals surface area contributed by atoms with E-state index in [0.29, 0.717) is 5.76 Å². The Morgan fingerprint density at radius 2 is 2.00 bits per heavy atom. The average Bonchev–Trinajstić information content (AvgIpc) is 2.81. The summed E-state index contributed by atoms with van der Waals surface area (Å²) in [5.41, 5.74) is -0.104. The van der Waals surface area contributed by atoms with Crippen LogP contribution in [-0.4, -0.2) is 11.1 Å². The van der Waals surface area contributed by atoms with E-state index in [1.165, 1.54) is 6.07 Å². The summed E-state index contributed by atoms with van der Waals surface area (Å²) in [6.07, 6.45) is -0.205. The molecule has 0 bridgehead atoms. The first-order valence-electron chi connectivity index (χ1n) is 6.46. The molecule has 0 fully saturated rings. The van der Waals surface area contributed by atoms with E-state index in [9.17, 15) is 13.6 Å². The van der Waals surface area contributed by atoms with E-state index in [2.05, 4.69) is 10.5 Å². The number of benzene rings is 1. The zero-order valence-electron chi connectivity index (χ0n) is 12.0. The number of amides is 1. The molecule has 0 saturated carbocycles. The second kappa shape index (κ2) is 5.63. The Kier molecular flexibility index (Phi) is 4.06. The van der Waals surface area contributed by atoms with E-state index in [1.54, 1.807) is 6.07 Å².